The van der Waals surface area contributed by atoms with E-state index in [1.807, 2.05) is 0 Å². The summed E-state index contributed by atoms with van der Waals surface area (Å²) in [6.07, 6.45) is 2.79. The number of methoxy groups -OCH3 is 1. The summed E-state index contributed by atoms with van der Waals surface area (Å²) in [7, 11) is -1.40. The molecular formula is C8H12N2O3S2. The van der Waals surface area contributed by atoms with Gasteiger partial charge in [0.15, 0.2) is 5.16 Å². The molecule has 0 bridgehead atoms. The molecule has 1 heterocycles. The first-order valence-corrected chi connectivity index (χ1v) is 7.23. The van der Waals surface area contributed by atoms with Crippen LogP contribution >= 0.6 is 11.8 Å². The third-order valence-corrected chi connectivity index (χ3v) is 3.57. The van der Waals surface area contributed by atoms with Crippen molar-refractivity contribution in [2.75, 3.05) is 24.9 Å². The third kappa shape index (κ3) is 4.98. The van der Waals surface area contributed by atoms with Gasteiger partial charge < -0.3 is 4.74 Å². The molecule has 0 saturated carbocycles. The number of ether oxygens (including phenoxy) is 1. The van der Waals surface area contributed by atoms with E-state index in [1.165, 1.54) is 25.1 Å². The summed E-state index contributed by atoms with van der Waals surface area (Å²) in [5.74, 6) is 1.05. The maximum atomic E-state index is 10.9. The van der Waals surface area contributed by atoms with E-state index in [9.17, 15) is 8.42 Å². The van der Waals surface area contributed by atoms with Crippen molar-refractivity contribution < 1.29 is 13.2 Å². The molecule has 7 heteroatoms. The monoisotopic (exact) mass is 248 g/mol. The summed E-state index contributed by atoms with van der Waals surface area (Å²) in [6, 6.07) is 1.64. The van der Waals surface area contributed by atoms with Crippen LogP contribution in [0, 0.1) is 0 Å². The maximum Gasteiger partial charge on any atom is 0.216 e. The lowest BCUT2D eigenvalue weighted by molar-refractivity contribution is 0.392. The molecule has 0 spiro atoms. The summed E-state index contributed by atoms with van der Waals surface area (Å²) in [5.41, 5.74) is 0. The minimum atomic E-state index is -2.92. The molecule has 0 amide bonds. The second kappa shape index (κ2) is 5.32. The molecule has 0 saturated heterocycles. The molecule has 0 unspecified atom stereocenters. The SMILES string of the molecule is COc1ccnc(SCCS(C)(=O)=O)n1. The lowest BCUT2D eigenvalue weighted by Crippen LogP contribution is -2.05. The van der Waals surface area contributed by atoms with Crippen LogP contribution in [-0.4, -0.2) is 43.3 Å². The first-order chi connectivity index (χ1) is 7.01. The van der Waals surface area contributed by atoms with Gasteiger partial charge in [0.1, 0.15) is 9.84 Å². The fourth-order valence-corrected chi connectivity index (χ4v) is 2.81. The molecule has 0 fully saturated rings. The zero-order chi connectivity index (χ0) is 11.3. The lowest BCUT2D eigenvalue weighted by atomic mass is 10.6. The topological polar surface area (TPSA) is 69.2 Å². The Bertz CT molecular complexity index is 420. The molecule has 0 N–H and O–H groups in total. The quantitative estimate of drug-likeness (QED) is 0.562. The van der Waals surface area contributed by atoms with Gasteiger partial charge >= 0.3 is 0 Å². The van der Waals surface area contributed by atoms with E-state index in [4.69, 9.17) is 4.74 Å². The van der Waals surface area contributed by atoms with Crippen molar-refractivity contribution >= 4 is 21.6 Å². The molecule has 84 valence electrons. The average molecular weight is 248 g/mol. The van der Waals surface area contributed by atoms with Crippen LogP contribution in [0.2, 0.25) is 0 Å². The predicted molar refractivity (Wildman–Crippen MR) is 59.0 cm³/mol. The van der Waals surface area contributed by atoms with Gasteiger partial charge in [0.25, 0.3) is 0 Å². The summed E-state index contributed by atoms with van der Waals surface area (Å²) < 4.78 is 26.7. The van der Waals surface area contributed by atoms with E-state index in [0.717, 1.165) is 0 Å². The van der Waals surface area contributed by atoms with Crippen molar-refractivity contribution in [2.45, 2.75) is 5.16 Å². The minimum Gasteiger partial charge on any atom is -0.481 e. The van der Waals surface area contributed by atoms with Crippen molar-refractivity contribution in [1.29, 1.82) is 0 Å². The van der Waals surface area contributed by atoms with Crippen LogP contribution in [0.4, 0.5) is 0 Å². The highest BCUT2D eigenvalue weighted by atomic mass is 32.2. The molecular weight excluding hydrogens is 236 g/mol. The van der Waals surface area contributed by atoms with Crippen LogP contribution in [0.15, 0.2) is 17.4 Å². The Kier molecular flexibility index (Phi) is 4.34. The van der Waals surface area contributed by atoms with E-state index in [1.54, 1.807) is 12.3 Å². The van der Waals surface area contributed by atoms with E-state index in [-0.39, 0.29) is 5.75 Å². The van der Waals surface area contributed by atoms with Crippen LogP contribution in [0.1, 0.15) is 0 Å². The number of hydrogen-bond acceptors (Lipinski definition) is 6. The summed E-state index contributed by atoms with van der Waals surface area (Å²) in [4.78, 5) is 8.03. The molecule has 5 nitrogen and oxygen atoms in total. The Labute approximate surface area is 93.2 Å². The first-order valence-electron chi connectivity index (χ1n) is 4.19. The van der Waals surface area contributed by atoms with Gasteiger partial charge in [0.2, 0.25) is 5.88 Å². The second-order valence-electron chi connectivity index (χ2n) is 2.86. The molecule has 0 atom stereocenters. The zero-order valence-corrected chi connectivity index (χ0v) is 10.1. The fourth-order valence-electron chi connectivity index (χ4n) is 0.793. The predicted octanol–water partition coefficient (Wildman–Crippen LogP) is 0.622. The van der Waals surface area contributed by atoms with Crippen LogP contribution in [0.25, 0.3) is 0 Å². The summed E-state index contributed by atoms with van der Waals surface area (Å²) in [6.45, 7) is 0. The van der Waals surface area contributed by atoms with Crippen LogP contribution in [0.5, 0.6) is 5.88 Å². The molecule has 0 radical (unpaired) electrons. The third-order valence-electron chi connectivity index (χ3n) is 1.50. The molecule has 1 aromatic rings. The van der Waals surface area contributed by atoms with Crippen LogP contribution in [0.3, 0.4) is 0 Å². The van der Waals surface area contributed by atoms with E-state index in [0.29, 0.717) is 16.8 Å². The van der Waals surface area contributed by atoms with E-state index >= 15 is 0 Å². The van der Waals surface area contributed by atoms with Gasteiger partial charge in [-0.05, 0) is 0 Å². The van der Waals surface area contributed by atoms with Gasteiger partial charge in [-0.3, -0.25) is 0 Å². The normalized spacial score (nSPS) is 11.3. The summed E-state index contributed by atoms with van der Waals surface area (Å²) >= 11 is 1.30. The molecule has 0 aliphatic rings. The number of aromatic nitrogens is 2. The largest absolute Gasteiger partial charge is 0.481 e. The molecule has 1 aromatic heterocycles. The second-order valence-corrected chi connectivity index (χ2v) is 6.18. The van der Waals surface area contributed by atoms with Crippen molar-refractivity contribution in [3.05, 3.63) is 12.3 Å². The lowest BCUT2D eigenvalue weighted by Gasteiger charge is -2.01. The minimum absolute atomic E-state index is 0.123. The van der Waals surface area contributed by atoms with E-state index < -0.39 is 9.84 Å². The maximum absolute atomic E-state index is 10.9. The molecule has 0 aromatic carbocycles. The van der Waals surface area contributed by atoms with Gasteiger partial charge in [0.05, 0.1) is 12.9 Å². The fraction of sp³-hybridized carbons (Fsp3) is 0.500. The van der Waals surface area contributed by atoms with Crippen molar-refractivity contribution in [2.24, 2.45) is 0 Å². The zero-order valence-electron chi connectivity index (χ0n) is 8.50. The van der Waals surface area contributed by atoms with Crippen LogP contribution in [-0.2, 0) is 9.84 Å². The van der Waals surface area contributed by atoms with Crippen LogP contribution < -0.4 is 4.74 Å². The highest BCUT2D eigenvalue weighted by molar-refractivity contribution is 8.00. The van der Waals surface area contributed by atoms with Crippen molar-refractivity contribution in [1.82, 2.24) is 9.97 Å². The standard InChI is InChI=1S/C8H12N2O3S2/c1-13-7-3-4-9-8(10-7)14-5-6-15(2,11)12/h3-4H,5-6H2,1-2H3. The molecule has 0 aliphatic heterocycles. The number of hydrogen-bond donors (Lipinski definition) is 0. The van der Waals surface area contributed by atoms with Crippen molar-refractivity contribution in [3.8, 4) is 5.88 Å². The average Bonchev–Trinajstić information content (AvgIpc) is 2.16. The molecule has 0 aliphatic carbocycles. The van der Waals surface area contributed by atoms with E-state index in [2.05, 4.69) is 9.97 Å². The number of thioether (sulfide) groups is 1. The van der Waals surface area contributed by atoms with Crippen molar-refractivity contribution in [3.63, 3.8) is 0 Å². The Morgan fingerprint density at radius 2 is 2.27 bits per heavy atom. The Balaban J connectivity index is 2.51. The molecule has 1 rings (SSSR count). The number of sulfone groups is 1. The van der Waals surface area contributed by atoms with Gasteiger partial charge in [-0.25, -0.2) is 13.4 Å². The number of rotatable bonds is 5. The first kappa shape index (κ1) is 12.3. The van der Waals surface area contributed by atoms with Gasteiger partial charge in [0, 0.05) is 24.3 Å². The smallest absolute Gasteiger partial charge is 0.216 e. The highest BCUT2D eigenvalue weighted by Gasteiger charge is 2.04. The Morgan fingerprint density at radius 3 is 2.87 bits per heavy atom. The Morgan fingerprint density at radius 1 is 1.53 bits per heavy atom. The van der Waals surface area contributed by atoms with Gasteiger partial charge in [-0.2, -0.15) is 4.98 Å². The molecule has 15 heavy (non-hydrogen) atoms. The highest BCUT2D eigenvalue weighted by Crippen LogP contribution is 2.15. The Hall–Kier alpha value is -0.820. The van der Waals surface area contributed by atoms with Gasteiger partial charge in [-0.1, -0.05) is 11.8 Å². The van der Waals surface area contributed by atoms with Gasteiger partial charge in [-0.15, -0.1) is 0 Å². The summed E-state index contributed by atoms with van der Waals surface area (Å²) in [5, 5.41) is 0.526. The number of nitrogens with zero attached hydrogens (tertiary/aromatic N) is 2.